The Bertz CT molecular complexity index is 629. The summed E-state index contributed by atoms with van der Waals surface area (Å²) in [6.45, 7) is 8.86. The van der Waals surface area contributed by atoms with Crippen LogP contribution in [0.1, 0.15) is 34.1 Å². The van der Waals surface area contributed by atoms with Gasteiger partial charge >= 0.3 is 0 Å². The van der Waals surface area contributed by atoms with Gasteiger partial charge in [0.25, 0.3) is 0 Å². The monoisotopic (exact) mass is 293 g/mol. The zero-order valence-corrected chi connectivity index (χ0v) is 14.4. The molecule has 0 heterocycles. The summed E-state index contributed by atoms with van der Waals surface area (Å²) in [6.07, 6.45) is 22.9. The van der Waals surface area contributed by atoms with E-state index in [1.165, 1.54) is 11.1 Å². The lowest BCUT2D eigenvalue weighted by Crippen LogP contribution is -2.04. The molecule has 0 fully saturated rings. The van der Waals surface area contributed by atoms with Gasteiger partial charge in [0.1, 0.15) is 0 Å². The maximum absolute atomic E-state index is 4.53. The van der Waals surface area contributed by atoms with Gasteiger partial charge in [0.05, 0.1) is 0 Å². The SMILES string of the molecule is CN=C(CC1=CC=CC(C)(C)C=C1)C1=CC=CC(C)(C)C=C1. The first kappa shape index (κ1) is 16.5. The predicted octanol–water partition coefficient (Wildman–Crippen LogP) is 5.60. The summed E-state index contributed by atoms with van der Waals surface area (Å²) >= 11 is 0. The third-order valence-electron chi connectivity index (χ3n) is 4.03. The zero-order valence-electron chi connectivity index (χ0n) is 14.4. The molecule has 0 radical (unpaired) electrons. The molecule has 116 valence electrons. The fourth-order valence-corrected chi connectivity index (χ4v) is 2.48. The summed E-state index contributed by atoms with van der Waals surface area (Å²) in [5.74, 6) is 0. The molecule has 0 aromatic rings. The van der Waals surface area contributed by atoms with Crippen molar-refractivity contribution in [2.45, 2.75) is 34.1 Å². The molecular formula is C21H27N. The Hall–Kier alpha value is -1.89. The van der Waals surface area contributed by atoms with Crippen LogP contribution in [0.5, 0.6) is 0 Å². The van der Waals surface area contributed by atoms with Crippen LogP contribution in [0.2, 0.25) is 0 Å². The van der Waals surface area contributed by atoms with Gasteiger partial charge in [-0.25, -0.2) is 0 Å². The normalized spacial score (nSPS) is 22.9. The van der Waals surface area contributed by atoms with E-state index < -0.39 is 0 Å². The van der Waals surface area contributed by atoms with Crippen LogP contribution in [-0.4, -0.2) is 12.8 Å². The molecule has 0 N–H and O–H groups in total. The molecule has 0 aromatic carbocycles. The third-order valence-corrected chi connectivity index (χ3v) is 4.03. The molecule has 0 aliphatic heterocycles. The lowest BCUT2D eigenvalue weighted by molar-refractivity contribution is 0.626. The van der Waals surface area contributed by atoms with Crippen molar-refractivity contribution in [1.29, 1.82) is 0 Å². The first-order valence-corrected chi connectivity index (χ1v) is 7.94. The summed E-state index contributed by atoms with van der Waals surface area (Å²) in [4.78, 5) is 4.53. The minimum Gasteiger partial charge on any atom is -0.292 e. The maximum Gasteiger partial charge on any atom is 0.0460 e. The Morgan fingerprint density at radius 3 is 2.09 bits per heavy atom. The van der Waals surface area contributed by atoms with Crippen molar-refractivity contribution in [3.8, 4) is 0 Å². The smallest absolute Gasteiger partial charge is 0.0460 e. The van der Waals surface area contributed by atoms with Gasteiger partial charge in [-0.15, -0.1) is 0 Å². The van der Waals surface area contributed by atoms with E-state index in [1.807, 2.05) is 7.05 Å². The zero-order chi connectivity index (χ0) is 16.2. The molecule has 2 aliphatic carbocycles. The van der Waals surface area contributed by atoms with Crippen LogP contribution in [0, 0.1) is 10.8 Å². The highest BCUT2D eigenvalue weighted by atomic mass is 14.7. The Kier molecular flexibility index (Phi) is 4.85. The van der Waals surface area contributed by atoms with Crippen LogP contribution in [0.25, 0.3) is 0 Å². The molecular weight excluding hydrogens is 266 g/mol. The topological polar surface area (TPSA) is 12.4 Å². The molecule has 0 atom stereocenters. The first-order valence-electron chi connectivity index (χ1n) is 7.94. The van der Waals surface area contributed by atoms with Crippen LogP contribution in [0.3, 0.4) is 0 Å². The van der Waals surface area contributed by atoms with Gasteiger partial charge in [0.15, 0.2) is 0 Å². The molecule has 2 aliphatic rings. The van der Waals surface area contributed by atoms with Crippen molar-refractivity contribution < 1.29 is 0 Å². The van der Waals surface area contributed by atoms with E-state index in [0.29, 0.717) is 0 Å². The lowest BCUT2D eigenvalue weighted by atomic mass is 9.92. The molecule has 1 heteroatoms. The molecule has 0 spiro atoms. The van der Waals surface area contributed by atoms with Gasteiger partial charge in [-0.2, -0.15) is 0 Å². The van der Waals surface area contributed by atoms with Crippen LogP contribution >= 0.6 is 0 Å². The number of hydrogen-bond acceptors (Lipinski definition) is 1. The first-order chi connectivity index (χ1) is 10.3. The van der Waals surface area contributed by atoms with Crippen molar-refractivity contribution in [3.63, 3.8) is 0 Å². The molecule has 2 rings (SSSR count). The molecule has 0 saturated heterocycles. The van der Waals surface area contributed by atoms with Crippen molar-refractivity contribution in [2.24, 2.45) is 15.8 Å². The van der Waals surface area contributed by atoms with Crippen molar-refractivity contribution in [3.05, 3.63) is 71.9 Å². The van der Waals surface area contributed by atoms with Gasteiger partial charge in [-0.1, -0.05) is 88.5 Å². The van der Waals surface area contributed by atoms with E-state index in [1.54, 1.807) is 0 Å². The highest BCUT2D eigenvalue weighted by molar-refractivity contribution is 6.04. The summed E-state index contributed by atoms with van der Waals surface area (Å²) < 4.78 is 0. The van der Waals surface area contributed by atoms with Crippen LogP contribution in [0.4, 0.5) is 0 Å². The molecule has 22 heavy (non-hydrogen) atoms. The Morgan fingerprint density at radius 2 is 1.45 bits per heavy atom. The van der Waals surface area contributed by atoms with Crippen molar-refractivity contribution in [2.75, 3.05) is 7.05 Å². The Balaban J connectivity index is 2.18. The second kappa shape index (κ2) is 6.48. The van der Waals surface area contributed by atoms with Gasteiger partial charge in [-0.05, 0) is 11.1 Å². The van der Waals surface area contributed by atoms with Gasteiger partial charge < -0.3 is 0 Å². The fourth-order valence-electron chi connectivity index (χ4n) is 2.48. The van der Waals surface area contributed by atoms with Crippen molar-refractivity contribution >= 4 is 5.71 Å². The largest absolute Gasteiger partial charge is 0.292 e. The van der Waals surface area contributed by atoms with E-state index >= 15 is 0 Å². The van der Waals surface area contributed by atoms with Gasteiger partial charge in [-0.3, -0.25) is 4.99 Å². The van der Waals surface area contributed by atoms with E-state index in [2.05, 4.69) is 93.4 Å². The Morgan fingerprint density at radius 1 is 0.864 bits per heavy atom. The highest BCUT2D eigenvalue weighted by Crippen LogP contribution is 2.26. The minimum absolute atomic E-state index is 0.103. The van der Waals surface area contributed by atoms with E-state index in [4.69, 9.17) is 0 Å². The van der Waals surface area contributed by atoms with Crippen LogP contribution < -0.4 is 0 Å². The van der Waals surface area contributed by atoms with E-state index in [0.717, 1.165) is 12.1 Å². The molecule has 1 nitrogen and oxygen atoms in total. The summed E-state index contributed by atoms with van der Waals surface area (Å²) in [5, 5.41) is 0. The predicted molar refractivity (Wildman–Crippen MR) is 98.3 cm³/mol. The average molecular weight is 293 g/mol. The van der Waals surface area contributed by atoms with Gasteiger partial charge in [0, 0.05) is 30.0 Å². The van der Waals surface area contributed by atoms with E-state index in [9.17, 15) is 0 Å². The number of hydrogen-bond donors (Lipinski definition) is 0. The summed E-state index contributed by atoms with van der Waals surface area (Å²) in [7, 11) is 1.88. The highest BCUT2D eigenvalue weighted by Gasteiger charge is 2.14. The number of allylic oxidation sites excluding steroid dienone is 12. The van der Waals surface area contributed by atoms with E-state index in [-0.39, 0.29) is 10.8 Å². The molecule has 0 unspecified atom stereocenters. The molecule has 0 aromatic heterocycles. The third kappa shape index (κ3) is 4.56. The minimum atomic E-state index is 0.103. The molecule has 0 amide bonds. The number of rotatable bonds is 3. The Labute approximate surface area is 135 Å². The summed E-state index contributed by atoms with van der Waals surface area (Å²) in [5.41, 5.74) is 3.85. The maximum atomic E-state index is 4.53. The second-order valence-electron chi connectivity index (χ2n) is 7.24. The molecule has 0 saturated carbocycles. The number of aliphatic imine (C=N–C) groups is 1. The van der Waals surface area contributed by atoms with Crippen LogP contribution in [0.15, 0.2) is 76.9 Å². The van der Waals surface area contributed by atoms with Gasteiger partial charge in [0.2, 0.25) is 0 Å². The van der Waals surface area contributed by atoms with Crippen molar-refractivity contribution in [1.82, 2.24) is 0 Å². The standard InChI is InChI=1S/C21H27N/c1-20(2)12-6-8-17(10-14-20)16-19(22-5)18-9-7-13-21(3,4)15-11-18/h6-15H,16H2,1-5H3. The quantitative estimate of drug-likeness (QED) is 0.600. The summed E-state index contributed by atoms with van der Waals surface area (Å²) in [6, 6.07) is 0. The average Bonchev–Trinajstić information content (AvgIpc) is 2.72. The lowest BCUT2D eigenvalue weighted by Gasteiger charge is -2.13. The van der Waals surface area contributed by atoms with Crippen LogP contribution in [-0.2, 0) is 0 Å². The fraction of sp³-hybridized carbons (Fsp3) is 0.381. The second-order valence-corrected chi connectivity index (χ2v) is 7.24. The molecule has 0 bridgehead atoms. The number of nitrogens with zero attached hydrogens (tertiary/aromatic N) is 1.